The highest BCUT2D eigenvalue weighted by Gasteiger charge is 1.73. The zero-order chi connectivity index (χ0) is 4.99. The summed E-state index contributed by atoms with van der Waals surface area (Å²) in [4.78, 5) is 0. The lowest BCUT2D eigenvalue weighted by atomic mass is 10.3. The summed E-state index contributed by atoms with van der Waals surface area (Å²) in [5.74, 6) is 0. The first-order valence-electron chi connectivity index (χ1n) is 2.13. The van der Waals surface area contributed by atoms with E-state index in [1.807, 2.05) is 19.9 Å². The predicted molar refractivity (Wildman–Crippen MR) is 28.5 cm³/mol. The third-order valence-corrected chi connectivity index (χ3v) is 0.815. The Bertz CT molecular complexity index is 55.0. The highest BCUT2D eigenvalue weighted by Crippen LogP contribution is 1.82. The van der Waals surface area contributed by atoms with E-state index in [9.17, 15) is 0 Å². The summed E-state index contributed by atoms with van der Waals surface area (Å²) in [5, 5.41) is 0. The molecular weight excluding hydrogens is 74.1 g/mol. The topological polar surface area (TPSA) is 26.0 Å². The standard InChI is InChI=1S/C5H11N/c1-3-5(2)4-6/h3H,4,6H2,1-2H3/b5-3+. The number of rotatable bonds is 1. The predicted octanol–water partition coefficient (Wildman–Crippen LogP) is 0.911. The highest BCUT2D eigenvalue weighted by molar-refractivity contribution is 4.95. The van der Waals surface area contributed by atoms with Gasteiger partial charge in [-0.25, -0.2) is 0 Å². The maximum Gasteiger partial charge on any atom is 0.0133 e. The molecule has 2 N–H and O–H groups in total. The molecule has 0 bridgehead atoms. The second kappa shape index (κ2) is 2.91. The van der Waals surface area contributed by atoms with Gasteiger partial charge in [0, 0.05) is 6.54 Å². The van der Waals surface area contributed by atoms with Gasteiger partial charge in [0.25, 0.3) is 0 Å². The Morgan fingerprint density at radius 3 is 2.33 bits per heavy atom. The van der Waals surface area contributed by atoms with E-state index in [4.69, 9.17) is 5.73 Å². The molecule has 1 heteroatoms. The molecule has 0 aromatic rings. The molecule has 0 saturated carbocycles. The minimum Gasteiger partial charge on any atom is -0.327 e. The Labute approximate surface area is 38.8 Å². The average Bonchev–Trinajstić information content (AvgIpc) is 1.65. The molecule has 0 aliphatic carbocycles. The first-order valence-corrected chi connectivity index (χ1v) is 2.13. The van der Waals surface area contributed by atoms with Crippen molar-refractivity contribution >= 4 is 0 Å². The van der Waals surface area contributed by atoms with Crippen molar-refractivity contribution in [3.8, 4) is 0 Å². The van der Waals surface area contributed by atoms with Gasteiger partial charge < -0.3 is 5.73 Å². The Kier molecular flexibility index (Phi) is 2.77. The minimum atomic E-state index is 0.691. The van der Waals surface area contributed by atoms with E-state index in [2.05, 4.69) is 0 Å². The second-order valence-electron chi connectivity index (χ2n) is 1.34. The van der Waals surface area contributed by atoms with Crippen molar-refractivity contribution in [3.05, 3.63) is 11.6 Å². The lowest BCUT2D eigenvalue weighted by Gasteiger charge is -1.85. The minimum absolute atomic E-state index is 0.691. The first kappa shape index (κ1) is 5.70. The van der Waals surface area contributed by atoms with Crippen LogP contribution < -0.4 is 5.73 Å². The van der Waals surface area contributed by atoms with E-state index in [0.29, 0.717) is 6.54 Å². The van der Waals surface area contributed by atoms with Crippen molar-refractivity contribution < 1.29 is 0 Å². The fraction of sp³-hybridized carbons (Fsp3) is 0.600. The molecule has 0 aliphatic heterocycles. The zero-order valence-corrected chi connectivity index (χ0v) is 4.36. The van der Waals surface area contributed by atoms with Gasteiger partial charge in [-0.15, -0.1) is 0 Å². The smallest absolute Gasteiger partial charge is 0.0133 e. The van der Waals surface area contributed by atoms with E-state index >= 15 is 0 Å². The van der Waals surface area contributed by atoms with Crippen LogP contribution in [0, 0.1) is 0 Å². The maximum absolute atomic E-state index is 5.21. The Hall–Kier alpha value is -0.300. The molecule has 0 radical (unpaired) electrons. The molecule has 0 saturated heterocycles. The number of nitrogens with two attached hydrogens (primary N) is 1. The van der Waals surface area contributed by atoms with E-state index in [1.165, 1.54) is 5.57 Å². The molecule has 0 fully saturated rings. The SMILES string of the molecule is C/C=C(\C)CN. The van der Waals surface area contributed by atoms with Gasteiger partial charge in [0.2, 0.25) is 0 Å². The molecule has 0 amide bonds. The van der Waals surface area contributed by atoms with Gasteiger partial charge in [-0.2, -0.15) is 0 Å². The monoisotopic (exact) mass is 85.1 g/mol. The van der Waals surface area contributed by atoms with Crippen LogP contribution in [0.2, 0.25) is 0 Å². The lowest BCUT2D eigenvalue weighted by Crippen LogP contribution is -1.98. The molecule has 1 nitrogen and oxygen atoms in total. The van der Waals surface area contributed by atoms with Crippen LogP contribution in [-0.4, -0.2) is 6.54 Å². The second-order valence-corrected chi connectivity index (χ2v) is 1.34. The van der Waals surface area contributed by atoms with Crippen LogP contribution in [0.3, 0.4) is 0 Å². The zero-order valence-electron chi connectivity index (χ0n) is 4.36. The van der Waals surface area contributed by atoms with Gasteiger partial charge in [0.1, 0.15) is 0 Å². The van der Waals surface area contributed by atoms with Crippen LogP contribution in [0.1, 0.15) is 13.8 Å². The molecule has 0 atom stereocenters. The van der Waals surface area contributed by atoms with Crippen molar-refractivity contribution in [2.24, 2.45) is 5.73 Å². The molecular formula is C5H11N. The van der Waals surface area contributed by atoms with Crippen LogP contribution in [0.25, 0.3) is 0 Å². The summed E-state index contributed by atoms with van der Waals surface area (Å²) in [6.45, 7) is 4.69. The summed E-state index contributed by atoms with van der Waals surface area (Å²) >= 11 is 0. The van der Waals surface area contributed by atoms with Crippen molar-refractivity contribution in [3.63, 3.8) is 0 Å². The van der Waals surface area contributed by atoms with E-state index in [-0.39, 0.29) is 0 Å². The summed E-state index contributed by atoms with van der Waals surface area (Å²) in [7, 11) is 0. The van der Waals surface area contributed by atoms with Crippen LogP contribution in [0.15, 0.2) is 11.6 Å². The normalized spacial score (nSPS) is 12.2. The maximum atomic E-state index is 5.21. The van der Waals surface area contributed by atoms with Gasteiger partial charge in [-0.05, 0) is 13.8 Å². The fourth-order valence-electron chi connectivity index (χ4n) is 0.118. The van der Waals surface area contributed by atoms with Crippen LogP contribution >= 0.6 is 0 Å². The van der Waals surface area contributed by atoms with Crippen LogP contribution in [-0.2, 0) is 0 Å². The molecule has 0 aliphatic rings. The first-order chi connectivity index (χ1) is 2.81. The summed E-state index contributed by atoms with van der Waals surface area (Å²) < 4.78 is 0. The highest BCUT2D eigenvalue weighted by atomic mass is 14.5. The van der Waals surface area contributed by atoms with E-state index < -0.39 is 0 Å². The summed E-state index contributed by atoms with van der Waals surface area (Å²) in [6, 6.07) is 0. The number of allylic oxidation sites excluding steroid dienone is 1. The lowest BCUT2D eigenvalue weighted by molar-refractivity contribution is 1.13. The Morgan fingerprint density at radius 2 is 2.33 bits per heavy atom. The van der Waals surface area contributed by atoms with E-state index in [1.54, 1.807) is 0 Å². The van der Waals surface area contributed by atoms with E-state index in [0.717, 1.165) is 0 Å². The van der Waals surface area contributed by atoms with Gasteiger partial charge in [-0.3, -0.25) is 0 Å². The fourth-order valence-corrected chi connectivity index (χ4v) is 0.118. The molecule has 0 unspecified atom stereocenters. The molecule has 0 heterocycles. The third-order valence-electron chi connectivity index (χ3n) is 0.815. The largest absolute Gasteiger partial charge is 0.327 e. The van der Waals surface area contributed by atoms with Gasteiger partial charge in [0.05, 0.1) is 0 Å². The molecule has 0 aromatic carbocycles. The average molecular weight is 85.2 g/mol. The van der Waals surface area contributed by atoms with Crippen LogP contribution in [0.4, 0.5) is 0 Å². The molecule has 36 valence electrons. The Balaban J connectivity index is 3.22. The molecule has 0 aromatic heterocycles. The van der Waals surface area contributed by atoms with Crippen molar-refractivity contribution in [1.29, 1.82) is 0 Å². The third kappa shape index (κ3) is 1.97. The summed E-state index contributed by atoms with van der Waals surface area (Å²) in [6.07, 6.45) is 2.01. The van der Waals surface area contributed by atoms with Crippen LogP contribution in [0.5, 0.6) is 0 Å². The van der Waals surface area contributed by atoms with Crippen molar-refractivity contribution in [2.75, 3.05) is 6.54 Å². The Morgan fingerprint density at radius 1 is 1.83 bits per heavy atom. The van der Waals surface area contributed by atoms with Gasteiger partial charge in [0.15, 0.2) is 0 Å². The number of hydrogen-bond donors (Lipinski definition) is 1. The van der Waals surface area contributed by atoms with Gasteiger partial charge in [-0.1, -0.05) is 11.6 Å². The molecule has 0 spiro atoms. The molecule has 0 rings (SSSR count). The summed E-state index contributed by atoms with van der Waals surface area (Å²) in [5.41, 5.74) is 6.46. The number of hydrogen-bond acceptors (Lipinski definition) is 1. The molecule has 6 heavy (non-hydrogen) atoms. The van der Waals surface area contributed by atoms with Gasteiger partial charge >= 0.3 is 0 Å². The quantitative estimate of drug-likeness (QED) is 0.470. The van der Waals surface area contributed by atoms with Crippen molar-refractivity contribution in [1.82, 2.24) is 0 Å². The van der Waals surface area contributed by atoms with Crippen molar-refractivity contribution in [2.45, 2.75) is 13.8 Å².